The molecular weight excluding hydrogens is 400 g/mol. The molecule has 0 saturated carbocycles. The number of nitrogens with zero attached hydrogens (tertiary/aromatic N) is 2. The summed E-state index contributed by atoms with van der Waals surface area (Å²) in [5.41, 5.74) is 1.44. The third-order valence-electron chi connectivity index (χ3n) is 4.43. The number of Topliss-reactive ketones (excluding diaryl/α,β-unsaturated/α-hetero) is 1. The number of carbonyl (C=O) groups is 1. The van der Waals surface area contributed by atoms with Gasteiger partial charge in [-0.1, -0.05) is 18.2 Å². The highest BCUT2D eigenvalue weighted by molar-refractivity contribution is 7.99. The van der Waals surface area contributed by atoms with E-state index in [1.165, 1.54) is 18.7 Å². The Morgan fingerprint density at radius 1 is 1.10 bits per heavy atom. The van der Waals surface area contributed by atoms with Crippen molar-refractivity contribution in [3.8, 4) is 17.3 Å². The summed E-state index contributed by atoms with van der Waals surface area (Å²) in [4.78, 5) is 20.5. The second-order valence-corrected chi connectivity index (χ2v) is 7.71. The molecule has 152 valence electrons. The smallest absolute Gasteiger partial charge is 0.197 e. The number of aliphatic hydroxyl groups is 1. The van der Waals surface area contributed by atoms with Gasteiger partial charge in [0.25, 0.3) is 0 Å². The number of benzene rings is 2. The first-order valence-corrected chi connectivity index (χ1v) is 10.4. The molecule has 7 heteroatoms. The fourth-order valence-corrected chi connectivity index (χ4v) is 3.80. The van der Waals surface area contributed by atoms with Crippen LogP contribution in [0.1, 0.15) is 17.3 Å². The molecule has 6 nitrogen and oxygen atoms in total. The maximum Gasteiger partial charge on any atom is 0.197 e. The number of hydrogen-bond acceptors (Lipinski definition) is 7. The first-order valence-electron chi connectivity index (χ1n) is 9.45. The minimum absolute atomic E-state index is 0.00369. The van der Waals surface area contributed by atoms with E-state index < -0.39 is 6.10 Å². The van der Waals surface area contributed by atoms with Gasteiger partial charge in [-0.15, -0.1) is 11.8 Å². The van der Waals surface area contributed by atoms with Crippen LogP contribution in [0.25, 0.3) is 22.5 Å². The normalized spacial score (nSPS) is 12.1. The van der Waals surface area contributed by atoms with Crippen LogP contribution in [-0.2, 0) is 0 Å². The minimum atomic E-state index is -0.691. The molecule has 0 aliphatic heterocycles. The van der Waals surface area contributed by atoms with Gasteiger partial charge in [-0.05, 0) is 49.4 Å². The summed E-state index contributed by atoms with van der Waals surface area (Å²) in [6.07, 6.45) is 0.897. The number of fused-ring (bicyclic) bond motifs is 1. The molecule has 0 saturated heterocycles. The summed E-state index contributed by atoms with van der Waals surface area (Å²) in [5, 5.41) is 12.1. The highest BCUT2D eigenvalue weighted by atomic mass is 32.2. The number of ether oxygens (including phenoxy) is 1. The van der Waals surface area contributed by atoms with E-state index in [4.69, 9.17) is 9.15 Å². The molecule has 0 spiro atoms. The standard InChI is InChI=1S/C23H20N2O4S/c1-15(26)16-8-10-18(11-9-16)29-13-17(27)14-30-23-19-5-2-3-6-20(19)24-22(25-23)21-7-4-12-28-21/h2-12,17,27H,13-14H2,1H3/t17-/m0/s1. The molecule has 2 heterocycles. The summed E-state index contributed by atoms with van der Waals surface area (Å²) < 4.78 is 11.1. The van der Waals surface area contributed by atoms with E-state index >= 15 is 0 Å². The number of carbonyl (C=O) groups excluding carboxylic acids is 1. The van der Waals surface area contributed by atoms with Crippen molar-refractivity contribution in [2.45, 2.75) is 18.1 Å². The van der Waals surface area contributed by atoms with Crippen LogP contribution < -0.4 is 4.74 Å². The third kappa shape index (κ3) is 4.69. The first kappa shape index (κ1) is 20.1. The summed E-state index contributed by atoms with van der Waals surface area (Å²) in [7, 11) is 0. The molecular formula is C23H20N2O4S. The van der Waals surface area contributed by atoms with Crippen molar-refractivity contribution in [2.75, 3.05) is 12.4 Å². The molecule has 0 bridgehead atoms. The van der Waals surface area contributed by atoms with E-state index in [0.29, 0.717) is 28.7 Å². The van der Waals surface area contributed by atoms with Crippen molar-refractivity contribution in [3.05, 3.63) is 72.5 Å². The molecule has 2 aromatic carbocycles. The number of hydrogen-bond donors (Lipinski definition) is 1. The number of ketones is 1. The van der Waals surface area contributed by atoms with Crippen LogP contribution in [0, 0.1) is 0 Å². The number of aromatic nitrogens is 2. The van der Waals surface area contributed by atoms with E-state index in [0.717, 1.165) is 15.9 Å². The van der Waals surface area contributed by atoms with Crippen molar-refractivity contribution in [3.63, 3.8) is 0 Å². The topological polar surface area (TPSA) is 85.5 Å². The summed E-state index contributed by atoms with van der Waals surface area (Å²) in [5.74, 6) is 2.13. The zero-order chi connectivity index (χ0) is 20.9. The summed E-state index contributed by atoms with van der Waals surface area (Å²) >= 11 is 1.44. The highest BCUT2D eigenvalue weighted by Crippen LogP contribution is 2.29. The fourth-order valence-electron chi connectivity index (χ4n) is 2.88. The van der Waals surface area contributed by atoms with Crippen molar-refractivity contribution in [2.24, 2.45) is 0 Å². The summed E-state index contributed by atoms with van der Waals surface area (Å²) in [6.45, 7) is 1.66. The maximum atomic E-state index is 11.3. The quantitative estimate of drug-likeness (QED) is 0.253. The van der Waals surface area contributed by atoms with Crippen LogP contribution >= 0.6 is 11.8 Å². The molecule has 0 fully saturated rings. The van der Waals surface area contributed by atoms with Gasteiger partial charge in [0.2, 0.25) is 0 Å². The maximum absolute atomic E-state index is 11.3. The van der Waals surface area contributed by atoms with Gasteiger partial charge in [0.15, 0.2) is 17.4 Å². The van der Waals surface area contributed by atoms with Crippen molar-refractivity contribution in [1.82, 2.24) is 9.97 Å². The van der Waals surface area contributed by atoms with Gasteiger partial charge in [-0.2, -0.15) is 0 Å². The Bertz CT molecular complexity index is 1140. The number of thioether (sulfide) groups is 1. The second kappa shape index (κ2) is 9.11. The molecule has 1 atom stereocenters. The van der Waals surface area contributed by atoms with Gasteiger partial charge < -0.3 is 14.3 Å². The Hall–Kier alpha value is -3.16. The van der Waals surface area contributed by atoms with Crippen LogP contribution in [-0.4, -0.2) is 39.3 Å². The molecule has 2 aromatic heterocycles. The molecule has 0 aliphatic carbocycles. The SMILES string of the molecule is CC(=O)c1ccc(OC[C@H](O)CSc2nc(-c3ccco3)nc3ccccc23)cc1. The number of para-hydroxylation sites is 1. The largest absolute Gasteiger partial charge is 0.491 e. The van der Waals surface area contributed by atoms with E-state index in [1.54, 1.807) is 36.6 Å². The fraction of sp³-hybridized carbons (Fsp3) is 0.174. The molecule has 30 heavy (non-hydrogen) atoms. The Kier molecular flexibility index (Phi) is 6.11. The van der Waals surface area contributed by atoms with Crippen molar-refractivity contribution in [1.29, 1.82) is 0 Å². The van der Waals surface area contributed by atoms with E-state index in [1.807, 2.05) is 30.3 Å². The number of furan rings is 1. The van der Waals surface area contributed by atoms with E-state index in [2.05, 4.69) is 9.97 Å². The van der Waals surface area contributed by atoms with Gasteiger partial charge in [-0.3, -0.25) is 4.79 Å². The van der Waals surface area contributed by atoms with Gasteiger partial charge >= 0.3 is 0 Å². The van der Waals surface area contributed by atoms with E-state index in [9.17, 15) is 9.90 Å². The zero-order valence-electron chi connectivity index (χ0n) is 16.3. The van der Waals surface area contributed by atoms with Crippen molar-refractivity contribution >= 4 is 28.4 Å². The van der Waals surface area contributed by atoms with Crippen molar-refractivity contribution < 1.29 is 19.1 Å². The molecule has 0 aliphatic rings. The van der Waals surface area contributed by atoms with Gasteiger partial charge in [0.05, 0.1) is 17.9 Å². The van der Waals surface area contributed by atoms with Crippen LogP contribution in [0.4, 0.5) is 0 Å². The predicted molar refractivity (Wildman–Crippen MR) is 116 cm³/mol. The Balaban J connectivity index is 1.43. The Labute approximate surface area is 177 Å². The third-order valence-corrected chi connectivity index (χ3v) is 5.56. The molecule has 0 radical (unpaired) electrons. The molecule has 0 amide bonds. The Morgan fingerprint density at radius 2 is 1.90 bits per heavy atom. The van der Waals surface area contributed by atoms with Gasteiger partial charge in [0.1, 0.15) is 17.4 Å². The molecule has 0 unspecified atom stereocenters. The lowest BCUT2D eigenvalue weighted by atomic mass is 10.1. The average Bonchev–Trinajstić information content (AvgIpc) is 3.31. The molecule has 4 aromatic rings. The lowest BCUT2D eigenvalue weighted by Crippen LogP contribution is -2.20. The zero-order valence-corrected chi connectivity index (χ0v) is 17.1. The highest BCUT2D eigenvalue weighted by Gasteiger charge is 2.14. The summed E-state index contributed by atoms with van der Waals surface area (Å²) in [6, 6.07) is 18.2. The van der Waals surface area contributed by atoms with Crippen LogP contribution in [0.2, 0.25) is 0 Å². The predicted octanol–water partition coefficient (Wildman–Crippen LogP) is 4.62. The second-order valence-electron chi connectivity index (χ2n) is 6.70. The number of rotatable bonds is 8. The van der Waals surface area contributed by atoms with Crippen LogP contribution in [0.5, 0.6) is 5.75 Å². The monoisotopic (exact) mass is 420 g/mol. The van der Waals surface area contributed by atoms with Crippen LogP contribution in [0.3, 0.4) is 0 Å². The molecule has 4 rings (SSSR count). The first-order chi connectivity index (χ1) is 14.6. The van der Waals surface area contributed by atoms with Crippen LogP contribution in [0.15, 0.2) is 76.4 Å². The lowest BCUT2D eigenvalue weighted by molar-refractivity contribution is 0.101. The van der Waals surface area contributed by atoms with Gasteiger partial charge in [-0.25, -0.2) is 9.97 Å². The minimum Gasteiger partial charge on any atom is -0.491 e. The number of aliphatic hydroxyl groups excluding tert-OH is 1. The lowest BCUT2D eigenvalue weighted by Gasteiger charge is -2.13. The molecule has 1 N–H and O–H groups in total. The van der Waals surface area contributed by atoms with Gasteiger partial charge in [0, 0.05) is 16.7 Å². The average molecular weight is 420 g/mol. The Morgan fingerprint density at radius 3 is 2.63 bits per heavy atom. The van der Waals surface area contributed by atoms with E-state index in [-0.39, 0.29) is 12.4 Å².